The molecule has 1 heterocycles. The maximum atomic E-state index is 12.5. The first kappa shape index (κ1) is 14.1. The Hall–Kier alpha value is -1.35. The third kappa shape index (κ3) is 3.57. The fourth-order valence-electron chi connectivity index (χ4n) is 2.75. The van der Waals surface area contributed by atoms with Crippen molar-refractivity contribution < 1.29 is 4.79 Å². The highest BCUT2D eigenvalue weighted by Crippen LogP contribution is 2.23. The molecule has 0 spiro atoms. The Balaban J connectivity index is 2.05. The van der Waals surface area contributed by atoms with Gasteiger partial charge >= 0.3 is 0 Å². The number of rotatable bonds is 4. The summed E-state index contributed by atoms with van der Waals surface area (Å²) in [6.07, 6.45) is 2.85. The zero-order valence-electron chi connectivity index (χ0n) is 11.9. The molecule has 1 unspecified atom stereocenters. The van der Waals surface area contributed by atoms with Gasteiger partial charge in [0, 0.05) is 5.54 Å². The molecule has 3 nitrogen and oxygen atoms in total. The van der Waals surface area contributed by atoms with Crippen LogP contribution in [0.1, 0.15) is 44.6 Å². The highest BCUT2D eigenvalue weighted by atomic mass is 16.2. The monoisotopic (exact) mass is 260 g/mol. The van der Waals surface area contributed by atoms with E-state index in [1.165, 1.54) is 0 Å². The van der Waals surface area contributed by atoms with Gasteiger partial charge in [-0.2, -0.15) is 0 Å². The zero-order chi connectivity index (χ0) is 13.7. The molecule has 1 aliphatic rings. The molecule has 0 aromatic heterocycles. The lowest BCUT2D eigenvalue weighted by Crippen LogP contribution is -2.53. The average molecular weight is 260 g/mol. The molecule has 0 bridgehead atoms. The average Bonchev–Trinajstić information content (AvgIpc) is 2.41. The molecule has 1 aliphatic heterocycles. The summed E-state index contributed by atoms with van der Waals surface area (Å²) in [7, 11) is 0. The third-order valence-electron chi connectivity index (χ3n) is 4.06. The molecule has 1 aromatic rings. The number of piperidine rings is 1. The Morgan fingerprint density at radius 1 is 1.32 bits per heavy atom. The van der Waals surface area contributed by atoms with Crippen molar-refractivity contribution in [3.63, 3.8) is 0 Å². The van der Waals surface area contributed by atoms with Crippen LogP contribution in [0.2, 0.25) is 0 Å². The van der Waals surface area contributed by atoms with Crippen LogP contribution in [0.5, 0.6) is 0 Å². The minimum Gasteiger partial charge on any atom is -0.350 e. The summed E-state index contributed by atoms with van der Waals surface area (Å²) < 4.78 is 0. The fraction of sp³-hybridized carbons (Fsp3) is 0.562. The van der Waals surface area contributed by atoms with E-state index in [4.69, 9.17) is 0 Å². The normalized spacial score (nSPS) is 19.7. The van der Waals surface area contributed by atoms with Crippen molar-refractivity contribution >= 4 is 5.91 Å². The lowest BCUT2D eigenvalue weighted by Gasteiger charge is -2.36. The molecular weight excluding hydrogens is 236 g/mol. The van der Waals surface area contributed by atoms with Crippen LogP contribution in [0.15, 0.2) is 30.3 Å². The van der Waals surface area contributed by atoms with Crippen molar-refractivity contribution in [2.45, 2.75) is 44.6 Å². The number of nitrogens with one attached hydrogen (secondary N) is 2. The number of benzene rings is 1. The second-order valence-corrected chi connectivity index (χ2v) is 5.67. The summed E-state index contributed by atoms with van der Waals surface area (Å²) in [5.74, 6) is 0.131. The van der Waals surface area contributed by atoms with Crippen LogP contribution in [-0.4, -0.2) is 24.5 Å². The predicted molar refractivity (Wildman–Crippen MR) is 78.1 cm³/mol. The summed E-state index contributed by atoms with van der Waals surface area (Å²) in [6, 6.07) is 10.1. The van der Waals surface area contributed by atoms with Gasteiger partial charge in [0.15, 0.2) is 0 Å². The van der Waals surface area contributed by atoms with E-state index in [-0.39, 0.29) is 17.4 Å². The van der Waals surface area contributed by atoms with Crippen molar-refractivity contribution in [1.82, 2.24) is 10.6 Å². The van der Waals surface area contributed by atoms with Crippen molar-refractivity contribution in [2.75, 3.05) is 13.1 Å². The van der Waals surface area contributed by atoms with E-state index in [1.54, 1.807) is 0 Å². The summed E-state index contributed by atoms with van der Waals surface area (Å²) >= 11 is 0. The molecule has 0 aliphatic carbocycles. The predicted octanol–water partition coefficient (Wildman–Crippen LogP) is 2.44. The van der Waals surface area contributed by atoms with Gasteiger partial charge in [0.1, 0.15) is 0 Å². The molecule has 1 atom stereocenters. The second kappa shape index (κ2) is 6.20. The molecule has 1 fully saturated rings. The molecule has 1 amide bonds. The largest absolute Gasteiger partial charge is 0.350 e. The molecule has 104 valence electrons. The minimum absolute atomic E-state index is 0.0343. The SMILES string of the molecule is CCC(C(=O)NC1(C)CCNCC1)c1ccccc1. The fourth-order valence-corrected chi connectivity index (χ4v) is 2.75. The quantitative estimate of drug-likeness (QED) is 0.873. The van der Waals surface area contributed by atoms with Crippen LogP contribution in [0.3, 0.4) is 0 Å². The minimum atomic E-state index is -0.0511. The molecule has 2 N–H and O–H groups in total. The van der Waals surface area contributed by atoms with Gasteiger partial charge in [-0.3, -0.25) is 4.79 Å². The van der Waals surface area contributed by atoms with Crippen LogP contribution in [0.25, 0.3) is 0 Å². The van der Waals surface area contributed by atoms with E-state index >= 15 is 0 Å². The Labute approximate surface area is 115 Å². The van der Waals surface area contributed by atoms with Crippen LogP contribution in [0, 0.1) is 0 Å². The molecule has 3 heteroatoms. The van der Waals surface area contributed by atoms with Gasteiger partial charge < -0.3 is 10.6 Å². The van der Waals surface area contributed by atoms with Crippen molar-refractivity contribution in [3.05, 3.63) is 35.9 Å². The Bertz CT molecular complexity index is 410. The van der Waals surface area contributed by atoms with Crippen molar-refractivity contribution in [1.29, 1.82) is 0 Å². The van der Waals surface area contributed by atoms with Crippen LogP contribution in [-0.2, 0) is 4.79 Å². The van der Waals surface area contributed by atoms with Crippen LogP contribution < -0.4 is 10.6 Å². The molecule has 1 saturated heterocycles. The summed E-state index contributed by atoms with van der Waals surface area (Å²) in [6.45, 7) is 6.20. The standard InChI is InChI=1S/C16H24N2O/c1-3-14(13-7-5-4-6-8-13)15(19)18-16(2)9-11-17-12-10-16/h4-8,14,17H,3,9-12H2,1-2H3,(H,18,19). The van der Waals surface area contributed by atoms with Gasteiger partial charge in [0.2, 0.25) is 5.91 Å². The third-order valence-corrected chi connectivity index (χ3v) is 4.06. The van der Waals surface area contributed by atoms with Gasteiger partial charge in [-0.15, -0.1) is 0 Å². The van der Waals surface area contributed by atoms with E-state index in [0.717, 1.165) is 37.9 Å². The zero-order valence-corrected chi connectivity index (χ0v) is 11.9. The number of hydrogen-bond donors (Lipinski definition) is 2. The Morgan fingerprint density at radius 3 is 2.53 bits per heavy atom. The van der Waals surface area contributed by atoms with Gasteiger partial charge in [-0.25, -0.2) is 0 Å². The van der Waals surface area contributed by atoms with Crippen LogP contribution >= 0.6 is 0 Å². The molecule has 0 radical (unpaired) electrons. The van der Waals surface area contributed by atoms with E-state index in [0.29, 0.717) is 0 Å². The molecular formula is C16H24N2O. The molecule has 2 rings (SSSR count). The smallest absolute Gasteiger partial charge is 0.227 e. The first-order valence-electron chi connectivity index (χ1n) is 7.22. The van der Waals surface area contributed by atoms with Crippen LogP contribution in [0.4, 0.5) is 0 Å². The number of hydrogen-bond acceptors (Lipinski definition) is 2. The van der Waals surface area contributed by atoms with E-state index in [2.05, 4.69) is 24.5 Å². The number of carbonyl (C=O) groups is 1. The Kier molecular flexibility index (Phi) is 4.59. The Morgan fingerprint density at radius 2 is 1.95 bits per heavy atom. The summed E-state index contributed by atoms with van der Waals surface area (Å²) in [5, 5.41) is 6.60. The van der Waals surface area contributed by atoms with E-state index in [1.807, 2.05) is 30.3 Å². The summed E-state index contributed by atoms with van der Waals surface area (Å²) in [4.78, 5) is 12.5. The highest BCUT2D eigenvalue weighted by Gasteiger charge is 2.30. The first-order chi connectivity index (χ1) is 9.14. The summed E-state index contributed by atoms with van der Waals surface area (Å²) in [5.41, 5.74) is 1.06. The van der Waals surface area contributed by atoms with E-state index in [9.17, 15) is 4.79 Å². The van der Waals surface area contributed by atoms with Gasteiger partial charge in [-0.05, 0) is 44.8 Å². The maximum Gasteiger partial charge on any atom is 0.227 e. The molecule has 19 heavy (non-hydrogen) atoms. The van der Waals surface area contributed by atoms with Gasteiger partial charge in [0.25, 0.3) is 0 Å². The lowest BCUT2D eigenvalue weighted by molar-refractivity contribution is -0.124. The molecule has 0 saturated carbocycles. The molecule has 1 aromatic carbocycles. The maximum absolute atomic E-state index is 12.5. The topological polar surface area (TPSA) is 41.1 Å². The van der Waals surface area contributed by atoms with Crippen molar-refractivity contribution in [3.8, 4) is 0 Å². The number of carbonyl (C=O) groups excluding carboxylic acids is 1. The second-order valence-electron chi connectivity index (χ2n) is 5.67. The van der Waals surface area contributed by atoms with Gasteiger partial charge in [0.05, 0.1) is 5.92 Å². The van der Waals surface area contributed by atoms with Crippen molar-refractivity contribution in [2.24, 2.45) is 0 Å². The van der Waals surface area contributed by atoms with Gasteiger partial charge in [-0.1, -0.05) is 37.3 Å². The highest BCUT2D eigenvalue weighted by molar-refractivity contribution is 5.84. The van der Waals surface area contributed by atoms with E-state index < -0.39 is 0 Å². The lowest BCUT2D eigenvalue weighted by atomic mass is 9.88. The number of amides is 1. The first-order valence-corrected chi connectivity index (χ1v) is 7.22.